The molecule has 8 heteroatoms. The molecule has 3 fully saturated rings. The summed E-state index contributed by atoms with van der Waals surface area (Å²) in [4.78, 5) is 62.6. The molecular formula is C24H27FO7. The van der Waals surface area contributed by atoms with E-state index in [2.05, 4.69) is 0 Å². The molecule has 4 rings (SSSR count). The first-order valence-corrected chi connectivity index (χ1v) is 10.8. The van der Waals surface area contributed by atoms with Crippen molar-refractivity contribution >= 4 is 29.1 Å². The Balaban J connectivity index is 1.81. The summed E-state index contributed by atoms with van der Waals surface area (Å²) >= 11 is 0. The molecule has 0 amide bonds. The Morgan fingerprint density at radius 3 is 2.50 bits per heavy atom. The lowest BCUT2D eigenvalue weighted by Gasteiger charge is -2.59. The summed E-state index contributed by atoms with van der Waals surface area (Å²) in [5.41, 5.74) is -7.38. The van der Waals surface area contributed by atoms with Gasteiger partial charge in [-0.1, -0.05) is 19.9 Å². The maximum absolute atomic E-state index is 16.9. The molecule has 32 heavy (non-hydrogen) atoms. The van der Waals surface area contributed by atoms with Crippen LogP contribution in [0.15, 0.2) is 23.8 Å². The highest BCUT2D eigenvalue weighted by Gasteiger charge is 2.76. The van der Waals surface area contributed by atoms with Crippen LogP contribution in [-0.2, 0) is 28.7 Å². The average molecular weight is 446 g/mol. The quantitative estimate of drug-likeness (QED) is 0.658. The SMILES string of the molecule is CC(=O)OCC(=O)[C@@]1(O)C(C)C[C@H]2[C@@H]3CC(=O)C4=CC(=O)C=C[C@]4(C)[C@@]3(F)C(=O)C[C@@]21C. The van der Waals surface area contributed by atoms with E-state index >= 15 is 4.39 Å². The molecule has 0 aromatic heterocycles. The van der Waals surface area contributed by atoms with Crippen molar-refractivity contribution in [3.63, 3.8) is 0 Å². The molecular weight excluding hydrogens is 419 g/mol. The minimum atomic E-state index is -2.45. The van der Waals surface area contributed by atoms with Crippen LogP contribution >= 0.6 is 0 Å². The number of halogens is 1. The third-order valence-electron chi connectivity index (χ3n) is 8.66. The van der Waals surface area contributed by atoms with Crippen molar-refractivity contribution in [3.8, 4) is 0 Å². The third-order valence-corrected chi connectivity index (χ3v) is 8.66. The monoisotopic (exact) mass is 446 g/mol. The number of fused-ring (bicyclic) bond motifs is 5. The van der Waals surface area contributed by atoms with E-state index in [0.717, 1.165) is 13.0 Å². The number of Topliss-reactive ketones (excluding diaryl/α,β-unsaturated/α-hetero) is 3. The zero-order valence-corrected chi connectivity index (χ0v) is 18.6. The van der Waals surface area contributed by atoms with Crippen LogP contribution in [0.4, 0.5) is 4.39 Å². The van der Waals surface area contributed by atoms with Crippen molar-refractivity contribution in [1.29, 1.82) is 0 Å². The molecule has 7 atom stereocenters. The Hall–Kier alpha value is -2.48. The van der Waals surface area contributed by atoms with Crippen molar-refractivity contribution in [1.82, 2.24) is 0 Å². The zero-order chi connectivity index (χ0) is 23.9. The van der Waals surface area contributed by atoms with Gasteiger partial charge in [0.05, 0.1) is 5.41 Å². The summed E-state index contributed by atoms with van der Waals surface area (Å²) < 4.78 is 21.7. The maximum atomic E-state index is 16.9. The number of carbonyl (C=O) groups is 5. The van der Waals surface area contributed by atoms with Crippen LogP contribution in [0.25, 0.3) is 0 Å². The first-order valence-electron chi connectivity index (χ1n) is 10.8. The smallest absolute Gasteiger partial charge is 0.303 e. The molecule has 0 heterocycles. The van der Waals surface area contributed by atoms with Gasteiger partial charge in [0.1, 0.15) is 5.60 Å². The van der Waals surface area contributed by atoms with E-state index in [4.69, 9.17) is 4.74 Å². The zero-order valence-electron chi connectivity index (χ0n) is 18.6. The molecule has 1 unspecified atom stereocenters. The lowest BCUT2D eigenvalue weighted by Crippen LogP contribution is -2.69. The summed E-state index contributed by atoms with van der Waals surface area (Å²) in [5, 5.41) is 11.6. The first kappa shape index (κ1) is 22.7. The highest BCUT2D eigenvalue weighted by atomic mass is 19.1. The lowest BCUT2D eigenvalue weighted by molar-refractivity contribution is -0.188. The molecule has 0 radical (unpaired) electrons. The van der Waals surface area contributed by atoms with Gasteiger partial charge in [0.25, 0.3) is 0 Å². The van der Waals surface area contributed by atoms with E-state index in [-0.39, 0.29) is 18.4 Å². The van der Waals surface area contributed by atoms with Gasteiger partial charge in [-0.25, -0.2) is 4.39 Å². The minimum Gasteiger partial charge on any atom is -0.458 e. The van der Waals surface area contributed by atoms with Crippen LogP contribution < -0.4 is 0 Å². The molecule has 172 valence electrons. The Morgan fingerprint density at radius 2 is 1.88 bits per heavy atom. The molecule has 0 aliphatic heterocycles. The Bertz CT molecular complexity index is 1030. The fourth-order valence-corrected chi connectivity index (χ4v) is 6.98. The fraction of sp³-hybridized carbons (Fsp3) is 0.625. The fourth-order valence-electron chi connectivity index (χ4n) is 6.98. The predicted molar refractivity (Wildman–Crippen MR) is 109 cm³/mol. The van der Waals surface area contributed by atoms with E-state index < -0.39 is 82.0 Å². The number of hydrogen-bond acceptors (Lipinski definition) is 7. The Morgan fingerprint density at radius 1 is 1.22 bits per heavy atom. The van der Waals surface area contributed by atoms with Gasteiger partial charge in [0, 0.05) is 36.7 Å². The van der Waals surface area contributed by atoms with Gasteiger partial charge >= 0.3 is 5.97 Å². The van der Waals surface area contributed by atoms with Crippen molar-refractivity contribution in [2.45, 2.75) is 58.2 Å². The number of rotatable bonds is 3. The molecule has 0 spiro atoms. The number of ketones is 4. The van der Waals surface area contributed by atoms with Crippen molar-refractivity contribution in [2.75, 3.05) is 6.61 Å². The minimum absolute atomic E-state index is 0.00653. The van der Waals surface area contributed by atoms with E-state index in [1.54, 1.807) is 13.8 Å². The van der Waals surface area contributed by atoms with Gasteiger partial charge in [-0.15, -0.1) is 0 Å². The van der Waals surface area contributed by atoms with Gasteiger partial charge in [0.2, 0.25) is 5.78 Å². The van der Waals surface area contributed by atoms with Crippen LogP contribution in [0.2, 0.25) is 0 Å². The molecule has 3 saturated carbocycles. The molecule has 0 aromatic carbocycles. The number of hydrogen-bond donors (Lipinski definition) is 1. The number of ether oxygens (including phenoxy) is 1. The summed E-state index contributed by atoms with van der Waals surface area (Å²) in [6.07, 6.45) is 3.14. The van der Waals surface area contributed by atoms with E-state index in [0.29, 0.717) is 0 Å². The topological polar surface area (TPSA) is 115 Å². The van der Waals surface area contributed by atoms with Crippen LogP contribution in [0.5, 0.6) is 0 Å². The van der Waals surface area contributed by atoms with Crippen LogP contribution in [-0.4, -0.2) is 52.1 Å². The normalized spacial score (nSPS) is 45.0. The third kappa shape index (κ3) is 2.53. The largest absolute Gasteiger partial charge is 0.458 e. The van der Waals surface area contributed by atoms with Crippen LogP contribution in [0.3, 0.4) is 0 Å². The number of carbonyl (C=O) groups excluding carboxylic acids is 5. The predicted octanol–water partition coefficient (Wildman–Crippen LogP) is 1.85. The number of aliphatic hydroxyl groups is 1. The van der Waals surface area contributed by atoms with Gasteiger partial charge in [-0.2, -0.15) is 0 Å². The molecule has 0 saturated heterocycles. The Labute approximate surface area is 185 Å². The van der Waals surface area contributed by atoms with E-state index in [1.807, 2.05) is 0 Å². The van der Waals surface area contributed by atoms with Crippen LogP contribution in [0.1, 0.15) is 47.0 Å². The van der Waals surface area contributed by atoms with Gasteiger partial charge in [0.15, 0.2) is 29.6 Å². The van der Waals surface area contributed by atoms with E-state index in [1.165, 1.54) is 19.1 Å². The molecule has 7 nitrogen and oxygen atoms in total. The number of esters is 1. The standard InChI is InChI=1S/C24H27FO7/c1-12-7-15-16-9-18(28)17-8-14(27)5-6-21(17,3)23(16,25)19(29)10-22(15,4)24(12,31)20(30)11-32-13(2)26/h5-6,8,12,15-16,31H,7,9-11H2,1-4H3/t12?,15-,16-,21-,22-,23-,24-/m0/s1. The molecule has 1 N–H and O–H groups in total. The molecule has 4 aliphatic carbocycles. The second-order valence-corrected chi connectivity index (χ2v) is 10.2. The van der Waals surface area contributed by atoms with Gasteiger partial charge in [-0.3, -0.25) is 24.0 Å². The van der Waals surface area contributed by atoms with Crippen LogP contribution in [0, 0.1) is 28.6 Å². The average Bonchev–Trinajstić information content (AvgIpc) is 2.91. The summed E-state index contributed by atoms with van der Waals surface area (Å²) in [6, 6.07) is 0. The number of allylic oxidation sites excluding steroid dienone is 4. The first-order chi connectivity index (χ1) is 14.7. The second-order valence-electron chi connectivity index (χ2n) is 10.2. The lowest BCUT2D eigenvalue weighted by atomic mass is 9.45. The van der Waals surface area contributed by atoms with Crippen molar-refractivity contribution in [3.05, 3.63) is 23.8 Å². The second kappa shape index (κ2) is 6.76. The molecule has 0 aromatic rings. The summed E-state index contributed by atoms with van der Waals surface area (Å²) in [7, 11) is 0. The van der Waals surface area contributed by atoms with Crippen molar-refractivity contribution in [2.24, 2.45) is 28.6 Å². The van der Waals surface area contributed by atoms with Crippen molar-refractivity contribution < 1.29 is 38.2 Å². The van der Waals surface area contributed by atoms with Gasteiger partial charge < -0.3 is 9.84 Å². The summed E-state index contributed by atoms with van der Waals surface area (Å²) in [6.45, 7) is 5.19. The maximum Gasteiger partial charge on any atom is 0.303 e. The molecule has 4 aliphatic rings. The van der Waals surface area contributed by atoms with Gasteiger partial charge in [-0.05, 0) is 37.3 Å². The molecule has 0 bridgehead atoms. The highest BCUT2D eigenvalue weighted by Crippen LogP contribution is 2.69. The summed E-state index contributed by atoms with van der Waals surface area (Å²) in [5.74, 6) is -5.38. The van der Waals surface area contributed by atoms with E-state index in [9.17, 15) is 29.1 Å². The number of alkyl halides is 1. The highest BCUT2D eigenvalue weighted by molar-refractivity contribution is 6.12. The Kier molecular flexibility index (Phi) is 4.80.